The van der Waals surface area contributed by atoms with E-state index in [4.69, 9.17) is 0 Å². The summed E-state index contributed by atoms with van der Waals surface area (Å²) in [6, 6.07) is 0. The summed E-state index contributed by atoms with van der Waals surface area (Å²) in [5.41, 5.74) is 0. The highest BCUT2D eigenvalue weighted by Crippen LogP contribution is 2.24. The van der Waals surface area contributed by atoms with E-state index in [1.54, 1.807) is 0 Å². The van der Waals surface area contributed by atoms with Crippen LogP contribution in [0.5, 0.6) is 0 Å². The summed E-state index contributed by atoms with van der Waals surface area (Å²) in [5, 5.41) is 0. The smallest absolute Gasteiger partial charge is 0.342 e. The largest absolute Gasteiger partial charge is 0.403 e. The Morgan fingerprint density at radius 1 is 1.50 bits per heavy atom. The van der Waals surface area contributed by atoms with E-state index in [1.807, 2.05) is 0 Å². The number of rotatable bonds is 2. The Bertz CT molecular complexity index is 136. The second-order valence-electron chi connectivity index (χ2n) is 1.29. The lowest BCUT2D eigenvalue weighted by molar-refractivity contribution is -0.184. The number of alkyl halides is 4. The van der Waals surface area contributed by atoms with Crippen LogP contribution in [0.25, 0.3) is 0 Å². The molecule has 0 aromatic carbocycles. The second kappa shape index (κ2) is 3.05. The lowest BCUT2D eigenvalue weighted by atomic mass is 10.4. The standard InChI is InChI=1S/C3HClF4O2/c4-10-2(9)3(7,8)1(5)6/h1H. The van der Waals surface area contributed by atoms with E-state index in [1.165, 1.54) is 0 Å². The Morgan fingerprint density at radius 2 is 1.90 bits per heavy atom. The van der Waals surface area contributed by atoms with Crippen molar-refractivity contribution in [2.45, 2.75) is 12.3 Å². The molecule has 0 aliphatic rings. The summed E-state index contributed by atoms with van der Waals surface area (Å²) in [7, 11) is 0. The van der Waals surface area contributed by atoms with Gasteiger partial charge in [-0.15, -0.1) is 0 Å². The molecule has 0 fully saturated rings. The average molecular weight is 180 g/mol. The first-order chi connectivity index (χ1) is 4.42. The van der Waals surface area contributed by atoms with Crippen LogP contribution in [0, 0.1) is 0 Å². The molecule has 2 nitrogen and oxygen atoms in total. The van der Waals surface area contributed by atoms with Crippen LogP contribution < -0.4 is 0 Å². The molecule has 0 amide bonds. The summed E-state index contributed by atoms with van der Waals surface area (Å²) in [5.74, 6) is -7.27. The topological polar surface area (TPSA) is 26.3 Å². The lowest BCUT2D eigenvalue weighted by Gasteiger charge is -2.09. The predicted molar refractivity (Wildman–Crippen MR) is 22.9 cm³/mol. The first kappa shape index (κ1) is 9.48. The molecule has 60 valence electrons. The van der Waals surface area contributed by atoms with Gasteiger partial charge in [-0.2, -0.15) is 8.78 Å². The summed E-state index contributed by atoms with van der Waals surface area (Å²) in [6.45, 7) is 0. The van der Waals surface area contributed by atoms with Crippen molar-refractivity contribution in [1.82, 2.24) is 0 Å². The third kappa shape index (κ3) is 1.73. The van der Waals surface area contributed by atoms with Gasteiger partial charge in [0.2, 0.25) is 0 Å². The minimum absolute atomic E-state index is 2.45. The van der Waals surface area contributed by atoms with Gasteiger partial charge < -0.3 is 4.29 Å². The lowest BCUT2D eigenvalue weighted by Crippen LogP contribution is -2.36. The molecule has 0 unspecified atom stereocenters. The number of carbonyl (C=O) groups excluding carboxylic acids is 1. The highest BCUT2D eigenvalue weighted by atomic mass is 35.5. The maximum absolute atomic E-state index is 11.6. The molecule has 0 spiro atoms. The summed E-state index contributed by atoms with van der Waals surface area (Å²) in [6.07, 6.45) is -4.10. The van der Waals surface area contributed by atoms with Crippen molar-refractivity contribution in [3.05, 3.63) is 0 Å². The van der Waals surface area contributed by atoms with Crippen molar-refractivity contribution in [3.63, 3.8) is 0 Å². The Morgan fingerprint density at radius 3 is 2.00 bits per heavy atom. The molecule has 10 heavy (non-hydrogen) atoms. The molecule has 0 bridgehead atoms. The van der Waals surface area contributed by atoms with Crippen LogP contribution in [0.2, 0.25) is 0 Å². The minimum atomic E-state index is -4.82. The molecular formula is C3HClF4O2. The summed E-state index contributed by atoms with van der Waals surface area (Å²) >= 11 is 4.12. The SMILES string of the molecule is O=C(OCl)C(F)(F)C(F)F. The van der Waals surface area contributed by atoms with Crippen molar-refractivity contribution in [3.8, 4) is 0 Å². The molecule has 0 heterocycles. The number of hydrogen-bond donors (Lipinski definition) is 0. The Hall–Kier alpha value is -0.520. The maximum Gasteiger partial charge on any atom is 0.403 e. The van der Waals surface area contributed by atoms with Crippen molar-refractivity contribution in [2.75, 3.05) is 0 Å². The Balaban J connectivity index is 4.24. The molecule has 7 heteroatoms. The molecule has 0 radical (unpaired) electrons. The molecule has 0 rings (SSSR count). The van der Waals surface area contributed by atoms with Gasteiger partial charge in [-0.1, -0.05) is 0 Å². The Labute approximate surface area is 57.9 Å². The van der Waals surface area contributed by atoms with E-state index in [9.17, 15) is 22.4 Å². The molecule has 0 N–H and O–H groups in total. The number of halogens is 5. The zero-order valence-electron chi connectivity index (χ0n) is 4.28. The molecular weight excluding hydrogens is 179 g/mol. The van der Waals surface area contributed by atoms with E-state index < -0.39 is 18.3 Å². The van der Waals surface area contributed by atoms with Crippen LogP contribution >= 0.6 is 11.9 Å². The van der Waals surface area contributed by atoms with Crippen molar-refractivity contribution < 1.29 is 26.6 Å². The fourth-order valence-electron chi connectivity index (χ4n) is 0.141. The van der Waals surface area contributed by atoms with Gasteiger partial charge in [-0.25, -0.2) is 13.6 Å². The van der Waals surface area contributed by atoms with Crippen LogP contribution in [0.1, 0.15) is 0 Å². The van der Waals surface area contributed by atoms with Crippen molar-refractivity contribution >= 4 is 17.8 Å². The van der Waals surface area contributed by atoms with Gasteiger partial charge in [0, 0.05) is 0 Å². The molecule has 0 saturated heterocycles. The highest BCUT2D eigenvalue weighted by Gasteiger charge is 2.51. The van der Waals surface area contributed by atoms with Gasteiger partial charge in [-0.3, -0.25) is 0 Å². The molecule has 0 saturated carbocycles. The zero-order valence-corrected chi connectivity index (χ0v) is 5.04. The average Bonchev–Trinajstić information content (AvgIpc) is 1.86. The van der Waals surface area contributed by atoms with Crippen LogP contribution in [-0.4, -0.2) is 18.3 Å². The van der Waals surface area contributed by atoms with Crippen LogP contribution in [0.15, 0.2) is 0 Å². The van der Waals surface area contributed by atoms with Crippen LogP contribution in [0.4, 0.5) is 17.6 Å². The second-order valence-corrected chi connectivity index (χ2v) is 1.44. The summed E-state index contributed by atoms with van der Waals surface area (Å²) < 4.78 is 48.4. The first-order valence-corrected chi connectivity index (χ1v) is 2.22. The van der Waals surface area contributed by atoms with E-state index in [0.29, 0.717) is 0 Å². The number of carbonyl (C=O) groups is 1. The number of hydrogen-bond acceptors (Lipinski definition) is 2. The molecule has 0 atom stereocenters. The first-order valence-electron chi connectivity index (χ1n) is 1.92. The van der Waals surface area contributed by atoms with E-state index in [-0.39, 0.29) is 0 Å². The molecule has 0 aliphatic carbocycles. The van der Waals surface area contributed by atoms with Gasteiger partial charge in [-0.05, 0) is 0 Å². The minimum Gasteiger partial charge on any atom is -0.342 e. The van der Waals surface area contributed by atoms with Gasteiger partial charge in [0.25, 0.3) is 0 Å². The van der Waals surface area contributed by atoms with E-state index in [2.05, 4.69) is 16.2 Å². The molecule has 0 aromatic heterocycles. The van der Waals surface area contributed by atoms with E-state index in [0.717, 1.165) is 0 Å². The Kier molecular flexibility index (Phi) is 2.89. The third-order valence-electron chi connectivity index (χ3n) is 0.616. The normalized spacial score (nSPS) is 11.8. The van der Waals surface area contributed by atoms with Crippen molar-refractivity contribution in [1.29, 1.82) is 0 Å². The molecule has 0 aliphatic heterocycles. The fourth-order valence-corrected chi connectivity index (χ4v) is 0.243. The maximum atomic E-state index is 11.6. The van der Waals surface area contributed by atoms with E-state index >= 15 is 0 Å². The third-order valence-corrected chi connectivity index (χ3v) is 0.756. The predicted octanol–water partition coefficient (Wildman–Crippen LogP) is 1.58. The van der Waals surface area contributed by atoms with Gasteiger partial charge in [0.05, 0.1) is 0 Å². The van der Waals surface area contributed by atoms with Crippen LogP contribution in [-0.2, 0) is 9.08 Å². The molecule has 0 aromatic rings. The van der Waals surface area contributed by atoms with Crippen LogP contribution in [0.3, 0.4) is 0 Å². The van der Waals surface area contributed by atoms with Gasteiger partial charge >= 0.3 is 18.3 Å². The monoisotopic (exact) mass is 180 g/mol. The quantitative estimate of drug-likeness (QED) is 0.603. The van der Waals surface area contributed by atoms with Gasteiger partial charge in [0.1, 0.15) is 11.9 Å². The highest BCUT2D eigenvalue weighted by molar-refractivity contribution is 6.14. The van der Waals surface area contributed by atoms with Gasteiger partial charge in [0.15, 0.2) is 0 Å². The fraction of sp³-hybridized carbons (Fsp3) is 0.667. The summed E-state index contributed by atoms with van der Waals surface area (Å²) in [4.78, 5) is 9.69. The van der Waals surface area contributed by atoms with Crippen molar-refractivity contribution in [2.24, 2.45) is 0 Å². The zero-order chi connectivity index (χ0) is 8.36.